The number of hydrogen-bond acceptors (Lipinski definition) is 5. The van der Waals surface area contributed by atoms with Gasteiger partial charge < -0.3 is 10.5 Å². The van der Waals surface area contributed by atoms with E-state index >= 15 is 0 Å². The van der Waals surface area contributed by atoms with Crippen molar-refractivity contribution >= 4 is 27.2 Å². The summed E-state index contributed by atoms with van der Waals surface area (Å²) in [5, 5.41) is 2.56. The summed E-state index contributed by atoms with van der Waals surface area (Å²) < 4.78 is 7.23. The molecule has 3 rings (SSSR count). The molecule has 6 heteroatoms. The number of ether oxygens (including phenoxy) is 1. The van der Waals surface area contributed by atoms with Crippen molar-refractivity contribution in [2.75, 3.05) is 12.3 Å². The monoisotopic (exact) mass is 301 g/mol. The van der Waals surface area contributed by atoms with Gasteiger partial charge >= 0.3 is 0 Å². The lowest BCUT2D eigenvalue weighted by Gasteiger charge is -2.08. The molecule has 0 amide bonds. The van der Waals surface area contributed by atoms with Crippen LogP contribution in [0.4, 0.5) is 5.69 Å². The molecule has 2 heterocycles. The molecule has 0 aliphatic carbocycles. The summed E-state index contributed by atoms with van der Waals surface area (Å²) >= 11 is 1.48. The number of nitrogen functional groups attached to an aromatic ring is 1. The molecule has 1 aromatic carbocycles. The third-order valence-corrected chi connectivity index (χ3v) is 3.94. The van der Waals surface area contributed by atoms with E-state index in [-0.39, 0.29) is 5.56 Å². The van der Waals surface area contributed by atoms with E-state index in [1.807, 2.05) is 29.6 Å². The second-order valence-corrected chi connectivity index (χ2v) is 5.55. The standard InChI is InChI=1S/C15H15N3O2S/c16-11-3-1-4-12(9-11)20-7-2-6-18-10-17-14-13(15(18)19)5-8-21-14/h1,3-5,8-10H,2,6-7,16H2. The topological polar surface area (TPSA) is 70.1 Å². The Hall–Kier alpha value is -2.34. The summed E-state index contributed by atoms with van der Waals surface area (Å²) in [6, 6.07) is 9.12. The second-order valence-electron chi connectivity index (χ2n) is 4.66. The number of hydrogen-bond donors (Lipinski definition) is 1. The Morgan fingerprint density at radius 1 is 1.33 bits per heavy atom. The van der Waals surface area contributed by atoms with Crippen molar-refractivity contribution in [1.29, 1.82) is 0 Å². The van der Waals surface area contributed by atoms with Crippen LogP contribution in [0.5, 0.6) is 5.75 Å². The summed E-state index contributed by atoms with van der Waals surface area (Å²) in [5.41, 5.74) is 6.37. The normalized spacial score (nSPS) is 10.9. The van der Waals surface area contributed by atoms with E-state index in [1.54, 1.807) is 17.0 Å². The van der Waals surface area contributed by atoms with Crippen LogP contribution < -0.4 is 16.0 Å². The number of nitrogens with zero attached hydrogens (tertiary/aromatic N) is 2. The van der Waals surface area contributed by atoms with Gasteiger partial charge in [0, 0.05) is 18.3 Å². The fourth-order valence-electron chi connectivity index (χ4n) is 2.08. The zero-order valence-corrected chi connectivity index (χ0v) is 12.2. The number of nitrogens with two attached hydrogens (primary N) is 1. The number of aryl methyl sites for hydroxylation is 1. The lowest BCUT2D eigenvalue weighted by molar-refractivity contribution is 0.301. The van der Waals surface area contributed by atoms with E-state index in [0.29, 0.717) is 24.2 Å². The zero-order valence-electron chi connectivity index (χ0n) is 11.4. The predicted molar refractivity (Wildman–Crippen MR) is 84.8 cm³/mol. The Morgan fingerprint density at radius 3 is 3.10 bits per heavy atom. The highest BCUT2D eigenvalue weighted by Crippen LogP contribution is 2.15. The third-order valence-electron chi connectivity index (χ3n) is 3.12. The number of anilines is 1. The molecule has 0 bridgehead atoms. The molecule has 0 aliphatic rings. The Labute approximate surface area is 125 Å². The highest BCUT2D eigenvalue weighted by atomic mass is 32.1. The summed E-state index contributed by atoms with van der Waals surface area (Å²) in [7, 11) is 0. The van der Waals surface area contributed by atoms with E-state index in [4.69, 9.17) is 10.5 Å². The fourth-order valence-corrected chi connectivity index (χ4v) is 2.81. The van der Waals surface area contributed by atoms with Gasteiger partial charge in [-0.1, -0.05) is 6.07 Å². The summed E-state index contributed by atoms with van der Waals surface area (Å²) in [5.74, 6) is 0.744. The molecular formula is C15H15N3O2S. The summed E-state index contributed by atoms with van der Waals surface area (Å²) in [6.45, 7) is 1.11. The van der Waals surface area contributed by atoms with Crippen LogP contribution in [0, 0.1) is 0 Å². The van der Waals surface area contributed by atoms with Crippen LogP contribution in [0.1, 0.15) is 6.42 Å². The largest absolute Gasteiger partial charge is 0.493 e. The smallest absolute Gasteiger partial charge is 0.262 e. The van der Waals surface area contributed by atoms with Gasteiger partial charge in [0.05, 0.1) is 18.3 Å². The van der Waals surface area contributed by atoms with Gasteiger partial charge in [-0.25, -0.2) is 4.98 Å². The maximum Gasteiger partial charge on any atom is 0.262 e. The van der Waals surface area contributed by atoms with Gasteiger partial charge in [0.25, 0.3) is 5.56 Å². The SMILES string of the molecule is Nc1cccc(OCCCn2cnc3sccc3c2=O)c1. The molecule has 0 radical (unpaired) electrons. The lowest BCUT2D eigenvalue weighted by atomic mass is 10.3. The van der Waals surface area contributed by atoms with E-state index < -0.39 is 0 Å². The Bertz CT molecular complexity index is 810. The molecule has 5 nitrogen and oxygen atoms in total. The average molecular weight is 301 g/mol. The number of aromatic nitrogens is 2. The lowest BCUT2D eigenvalue weighted by Crippen LogP contribution is -2.20. The van der Waals surface area contributed by atoms with Crippen LogP contribution in [0.15, 0.2) is 46.8 Å². The molecule has 21 heavy (non-hydrogen) atoms. The molecule has 0 fully saturated rings. The predicted octanol–water partition coefficient (Wildman–Crippen LogP) is 2.51. The minimum Gasteiger partial charge on any atom is -0.493 e. The fraction of sp³-hybridized carbons (Fsp3) is 0.200. The molecule has 0 saturated heterocycles. The first-order chi connectivity index (χ1) is 10.2. The third kappa shape index (κ3) is 3.05. The molecule has 0 spiro atoms. The van der Waals surface area contributed by atoms with E-state index in [1.165, 1.54) is 11.3 Å². The molecule has 2 N–H and O–H groups in total. The van der Waals surface area contributed by atoms with E-state index in [2.05, 4.69) is 4.98 Å². The molecule has 0 saturated carbocycles. The number of thiophene rings is 1. The minimum absolute atomic E-state index is 0.00482. The first-order valence-corrected chi connectivity index (χ1v) is 7.53. The van der Waals surface area contributed by atoms with Crippen molar-refractivity contribution < 1.29 is 4.74 Å². The van der Waals surface area contributed by atoms with Crippen molar-refractivity contribution in [1.82, 2.24) is 9.55 Å². The average Bonchev–Trinajstić information content (AvgIpc) is 2.95. The van der Waals surface area contributed by atoms with E-state index in [0.717, 1.165) is 17.0 Å². The quantitative estimate of drug-likeness (QED) is 0.580. The van der Waals surface area contributed by atoms with Crippen LogP contribution in [0.3, 0.4) is 0 Å². The Kier molecular flexibility index (Phi) is 3.87. The zero-order chi connectivity index (χ0) is 14.7. The molecule has 108 valence electrons. The highest BCUT2D eigenvalue weighted by Gasteiger charge is 2.04. The molecule has 2 aromatic heterocycles. The van der Waals surface area contributed by atoms with Gasteiger partial charge in [-0.2, -0.15) is 0 Å². The van der Waals surface area contributed by atoms with Gasteiger partial charge in [-0.15, -0.1) is 11.3 Å². The van der Waals surface area contributed by atoms with Crippen LogP contribution >= 0.6 is 11.3 Å². The van der Waals surface area contributed by atoms with Crippen LogP contribution in [0.2, 0.25) is 0 Å². The first kappa shape index (κ1) is 13.6. The highest BCUT2D eigenvalue weighted by molar-refractivity contribution is 7.16. The molecule has 3 aromatic rings. The van der Waals surface area contributed by atoms with Crippen molar-refractivity contribution in [2.45, 2.75) is 13.0 Å². The molecule has 0 unspecified atom stereocenters. The van der Waals surface area contributed by atoms with Crippen LogP contribution in [0.25, 0.3) is 10.2 Å². The number of benzene rings is 1. The van der Waals surface area contributed by atoms with Gasteiger partial charge in [0.2, 0.25) is 0 Å². The summed E-state index contributed by atoms with van der Waals surface area (Å²) in [6.07, 6.45) is 2.33. The molecular weight excluding hydrogens is 286 g/mol. The Morgan fingerprint density at radius 2 is 2.24 bits per heavy atom. The second kappa shape index (κ2) is 5.97. The first-order valence-electron chi connectivity index (χ1n) is 6.65. The maximum atomic E-state index is 12.2. The van der Waals surface area contributed by atoms with Gasteiger partial charge in [0.1, 0.15) is 10.6 Å². The van der Waals surface area contributed by atoms with Crippen LogP contribution in [-0.2, 0) is 6.54 Å². The number of rotatable bonds is 5. The van der Waals surface area contributed by atoms with Crippen molar-refractivity contribution in [3.8, 4) is 5.75 Å². The summed E-state index contributed by atoms with van der Waals surface area (Å²) in [4.78, 5) is 17.2. The van der Waals surface area contributed by atoms with Crippen molar-refractivity contribution in [3.63, 3.8) is 0 Å². The van der Waals surface area contributed by atoms with Crippen molar-refractivity contribution in [3.05, 3.63) is 52.4 Å². The maximum absolute atomic E-state index is 12.2. The van der Waals surface area contributed by atoms with Crippen molar-refractivity contribution in [2.24, 2.45) is 0 Å². The molecule has 0 aliphatic heterocycles. The van der Waals surface area contributed by atoms with Gasteiger partial charge in [0.15, 0.2) is 0 Å². The van der Waals surface area contributed by atoms with Gasteiger partial charge in [-0.3, -0.25) is 9.36 Å². The number of fused-ring (bicyclic) bond motifs is 1. The van der Waals surface area contributed by atoms with Gasteiger partial charge in [-0.05, 0) is 30.0 Å². The minimum atomic E-state index is 0.00482. The van der Waals surface area contributed by atoms with E-state index in [9.17, 15) is 4.79 Å². The van der Waals surface area contributed by atoms with Crippen LogP contribution in [-0.4, -0.2) is 16.2 Å². The molecule has 0 atom stereocenters. The Balaban J connectivity index is 1.59.